The van der Waals surface area contributed by atoms with Gasteiger partial charge in [-0.2, -0.15) is 0 Å². The quantitative estimate of drug-likeness (QED) is 0.0282. The van der Waals surface area contributed by atoms with Crippen molar-refractivity contribution in [1.82, 2.24) is 0 Å². The maximum absolute atomic E-state index is 14.8. The number of allylic oxidation sites excluding steroid dienone is 2. The van der Waals surface area contributed by atoms with E-state index in [1.165, 1.54) is 27.7 Å². The maximum Gasteiger partial charge on any atom is 0.311 e. The van der Waals surface area contributed by atoms with E-state index in [0.717, 1.165) is 42.4 Å². The lowest BCUT2D eigenvalue weighted by Gasteiger charge is -2.44. The summed E-state index contributed by atoms with van der Waals surface area (Å²) in [6.45, 7) is 28.9. The van der Waals surface area contributed by atoms with Gasteiger partial charge in [0.05, 0.1) is 37.9 Å². The van der Waals surface area contributed by atoms with E-state index >= 15 is 0 Å². The smallest absolute Gasteiger partial charge is 0.311 e. The average molecular weight is 985 g/mol. The zero-order valence-electron chi connectivity index (χ0n) is 44.8. The summed E-state index contributed by atoms with van der Waals surface area (Å²) < 4.78 is 54.5. The molecule has 0 aromatic heterocycles. The van der Waals surface area contributed by atoms with Gasteiger partial charge in [0.15, 0.2) is 5.79 Å². The monoisotopic (exact) mass is 985 g/mol. The number of rotatable bonds is 33. The summed E-state index contributed by atoms with van der Waals surface area (Å²) in [5, 5.41) is 0. The second kappa shape index (κ2) is 31.7. The van der Waals surface area contributed by atoms with Gasteiger partial charge in [-0.15, -0.1) is 13.2 Å². The zero-order chi connectivity index (χ0) is 52.6. The molecule has 0 aliphatic carbocycles. The Balaban J connectivity index is 2.54. The van der Waals surface area contributed by atoms with Gasteiger partial charge in [0.2, 0.25) is 0 Å². The number of ether oxygens (including phenoxy) is 9. The molecule has 0 bridgehead atoms. The summed E-state index contributed by atoms with van der Waals surface area (Å²) in [6, 6.07) is 7.50. The first-order valence-electron chi connectivity index (χ1n) is 25.4. The van der Waals surface area contributed by atoms with E-state index in [1.54, 1.807) is 14.0 Å². The zero-order valence-corrected chi connectivity index (χ0v) is 44.8. The maximum atomic E-state index is 14.8. The Labute approximate surface area is 419 Å². The minimum atomic E-state index is -0.870. The van der Waals surface area contributed by atoms with Gasteiger partial charge in [0.25, 0.3) is 0 Å². The van der Waals surface area contributed by atoms with Crippen molar-refractivity contribution in [2.45, 2.75) is 228 Å². The van der Waals surface area contributed by atoms with Gasteiger partial charge in [-0.1, -0.05) is 56.5 Å². The Bertz CT molecular complexity index is 1820. The van der Waals surface area contributed by atoms with E-state index < -0.39 is 66.1 Å². The third-order valence-corrected chi connectivity index (χ3v) is 12.5. The summed E-state index contributed by atoms with van der Waals surface area (Å²) >= 11 is 0. The van der Waals surface area contributed by atoms with Gasteiger partial charge in [0, 0.05) is 59.3 Å². The van der Waals surface area contributed by atoms with Crippen LogP contribution in [0.1, 0.15) is 172 Å². The predicted octanol–water partition coefficient (Wildman–Crippen LogP) is 11.4. The Morgan fingerprint density at radius 2 is 1.34 bits per heavy atom. The van der Waals surface area contributed by atoms with Crippen LogP contribution in [0.2, 0.25) is 0 Å². The summed E-state index contributed by atoms with van der Waals surface area (Å²) in [7, 11) is 1.60. The summed E-state index contributed by atoms with van der Waals surface area (Å²) in [6.07, 6.45) is 7.28. The van der Waals surface area contributed by atoms with E-state index in [2.05, 4.69) is 13.2 Å². The lowest BCUT2D eigenvalue weighted by Crippen LogP contribution is -2.49. The van der Waals surface area contributed by atoms with Crippen molar-refractivity contribution in [2.24, 2.45) is 17.8 Å². The number of hydrogen-bond donors (Lipinski definition) is 0. The van der Waals surface area contributed by atoms with Crippen molar-refractivity contribution in [3.05, 3.63) is 66.3 Å². The normalized spacial score (nSPS) is 19.6. The Kier molecular flexibility index (Phi) is 27.9. The Hall–Kier alpha value is -4.53. The summed E-state index contributed by atoms with van der Waals surface area (Å²) in [5.41, 5.74) is 2.70. The van der Waals surface area contributed by atoms with Crippen LogP contribution in [0.3, 0.4) is 0 Å². The molecule has 2 rings (SSSR count). The van der Waals surface area contributed by atoms with Crippen LogP contribution < -0.4 is 4.74 Å². The topological polar surface area (TPSA) is 168 Å². The molecule has 70 heavy (non-hydrogen) atoms. The molecular weight excluding hydrogens is 897 g/mol. The van der Waals surface area contributed by atoms with Gasteiger partial charge >= 0.3 is 29.8 Å². The van der Waals surface area contributed by atoms with E-state index in [9.17, 15) is 24.0 Å². The van der Waals surface area contributed by atoms with E-state index in [-0.39, 0.29) is 55.6 Å². The first kappa shape index (κ1) is 61.6. The molecule has 0 amide bonds. The molecule has 1 aromatic carbocycles. The fraction of sp³-hybridized carbons (Fsp3) is 0.696. The average Bonchev–Trinajstić information content (AvgIpc) is 3.25. The SMILES string of the molecule is C=CCCC[C@@H]1C[C@@H]([C@H](C)[C@@H](/C=C(\C)C[C@@H](CCC)OC(C)=O)OC(=O)[C@@H](C)[C@@H](OCc2ccc(OC)cc2)[C@H](C)CC[C@@H](C[C@H](C[C@H](CCC(=C)C)OC(C)=O)OC(C)=O)OC(C)=O)OC(C)(C)O1. The van der Waals surface area contributed by atoms with E-state index in [4.69, 9.17) is 42.6 Å². The number of carbonyl (C=O) groups excluding carboxylic acids is 5. The lowest BCUT2D eigenvalue weighted by atomic mass is 9.87. The first-order valence-corrected chi connectivity index (χ1v) is 25.4. The van der Waals surface area contributed by atoms with Crippen LogP contribution >= 0.6 is 0 Å². The molecule has 0 spiro atoms. The molecule has 1 heterocycles. The number of unbranched alkanes of at least 4 members (excludes halogenated alkanes) is 1. The molecule has 1 aromatic rings. The molecular formula is C56H88O14. The Morgan fingerprint density at radius 1 is 0.771 bits per heavy atom. The minimum Gasteiger partial charge on any atom is -0.497 e. The molecule has 1 aliphatic heterocycles. The van der Waals surface area contributed by atoms with Crippen LogP contribution in [0.4, 0.5) is 0 Å². The minimum absolute atomic E-state index is 0.0667. The third-order valence-electron chi connectivity index (χ3n) is 12.5. The van der Waals surface area contributed by atoms with Crippen molar-refractivity contribution < 1.29 is 66.6 Å². The number of benzene rings is 1. The van der Waals surface area contributed by atoms with Gasteiger partial charge in [-0.25, -0.2) is 0 Å². The molecule has 0 unspecified atom stereocenters. The number of carbonyl (C=O) groups is 5. The van der Waals surface area contributed by atoms with Gasteiger partial charge < -0.3 is 42.6 Å². The van der Waals surface area contributed by atoms with Crippen molar-refractivity contribution in [2.75, 3.05) is 7.11 Å². The molecule has 0 saturated carbocycles. The number of methoxy groups -OCH3 is 1. The second-order valence-electron chi connectivity index (χ2n) is 19.9. The molecule has 14 nitrogen and oxygen atoms in total. The molecule has 1 saturated heterocycles. The largest absolute Gasteiger partial charge is 0.497 e. The van der Waals surface area contributed by atoms with E-state index in [0.29, 0.717) is 50.7 Å². The van der Waals surface area contributed by atoms with Gasteiger partial charge in [-0.3, -0.25) is 24.0 Å². The van der Waals surface area contributed by atoms with Crippen molar-refractivity contribution >= 4 is 29.8 Å². The van der Waals surface area contributed by atoms with Gasteiger partial charge in [-0.05, 0) is 116 Å². The predicted molar refractivity (Wildman–Crippen MR) is 269 cm³/mol. The highest BCUT2D eigenvalue weighted by Gasteiger charge is 2.42. The van der Waals surface area contributed by atoms with Crippen LogP contribution in [0, 0.1) is 17.8 Å². The molecule has 0 radical (unpaired) electrons. The summed E-state index contributed by atoms with van der Waals surface area (Å²) in [5.74, 6) is -3.82. The molecule has 1 fully saturated rings. The van der Waals surface area contributed by atoms with Crippen molar-refractivity contribution in [1.29, 1.82) is 0 Å². The molecule has 14 heteroatoms. The molecule has 396 valence electrons. The van der Waals surface area contributed by atoms with E-state index in [1.807, 2.05) is 84.9 Å². The first-order chi connectivity index (χ1) is 32.9. The second-order valence-corrected chi connectivity index (χ2v) is 19.9. The third kappa shape index (κ3) is 24.5. The fourth-order valence-corrected chi connectivity index (χ4v) is 9.15. The highest BCUT2D eigenvalue weighted by Crippen LogP contribution is 2.36. The lowest BCUT2D eigenvalue weighted by molar-refractivity contribution is -0.311. The Morgan fingerprint density at radius 3 is 1.89 bits per heavy atom. The van der Waals surface area contributed by atoms with Crippen LogP contribution in [-0.4, -0.2) is 91.6 Å². The number of hydrogen-bond acceptors (Lipinski definition) is 14. The highest BCUT2D eigenvalue weighted by molar-refractivity contribution is 5.73. The molecule has 11 atom stereocenters. The van der Waals surface area contributed by atoms with Gasteiger partial charge in [0.1, 0.15) is 36.3 Å². The van der Waals surface area contributed by atoms with Crippen LogP contribution in [0.5, 0.6) is 5.75 Å². The summed E-state index contributed by atoms with van der Waals surface area (Å²) in [4.78, 5) is 63.8. The van der Waals surface area contributed by atoms with Crippen LogP contribution in [0.25, 0.3) is 0 Å². The molecule has 1 aliphatic rings. The molecule has 0 N–H and O–H groups in total. The fourth-order valence-electron chi connectivity index (χ4n) is 9.15. The van der Waals surface area contributed by atoms with Crippen LogP contribution in [-0.2, 0) is 68.5 Å². The van der Waals surface area contributed by atoms with Crippen LogP contribution in [0.15, 0.2) is 60.7 Å². The van der Waals surface area contributed by atoms with Crippen molar-refractivity contribution in [3.8, 4) is 5.75 Å². The number of esters is 5. The highest BCUT2D eigenvalue weighted by atomic mass is 16.7. The standard InChI is InChI=1S/C56H88O14/c1-16-18-19-21-50-34-53(70-56(13,14)69-50)39(7)52(31-37(5)30-47(20-17-2)64-41(9)57)68-55(61)40(8)54(63-35-45-24-28-46(62-15)29-25-45)38(6)23-27-49(66-43(11)59)33-51(67-44(12)60)32-48(65-42(10)58)26-22-36(3)4/h16,24-25,28-29,31,38-40,47-54H,1,3,17-23,26-27,30,32-35H2,2,4-15H3/b37-31+/t38-,39-,40+,47-,48+,49+,50-,51+,52-,53+,54+/m1/s1. The van der Waals surface area contributed by atoms with Crippen molar-refractivity contribution in [3.63, 3.8) is 0 Å².